The lowest BCUT2D eigenvalue weighted by molar-refractivity contribution is -0.122. The third-order valence-corrected chi connectivity index (χ3v) is 3.60. The average molecular weight is 201 g/mol. The first-order valence-corrected chi connectivity index (χ1v) is 6.00. The summed E-state index contributed by atoms with van der Waals surface area (Å²) < 4.78 is 21.9. The summed E-state index contributed by atoms with van der Waals surface area (Å²) in [5.74, 6) is 0.148. The van der Waals surface area contributed by atoms with Crippen LogP contribution in [0.1, 0.15) is 12.8 Å². The Morgan fingerprint density at radius 3 is 2.54 bits per heavy atom. The van der Waals surface area contributed by atoms with Crippen molar-refractivity contribution in [3.05, 3.63) is 11.5 Å². The first-order valence-electron chi connectivity index (χ1n) is 4.28. The smallest absolute Gasteiger partial charge is 0.223 e. The molecule has 4 nitrogen and oxygen atoms in total. The zero-order chi connectivity index (χ0) is 9.47. The van der Waals surface area contributed by atoms with Crippen LogP contribution in [0, 0.1) is 5.92 Å². The van der Waals surface area contributed by atoms with Crippen molar-refractivity contribution >= 4 is 15.7 Å². The van der Waals surface area contributed by atoms with E-state index in [1.165, 1.54) is 11.5 Å². The van der Waals surface area contributed by atoms with Gasteiger partial charge in [-0.15, -0.1) is 0 Å². The lowest BCUT2D eigenvalue weighted by Gasteiger charge is -2.08. The van der Waals surface area contributed by atoms with E-state index >= 15 is 0 Å². The molecule has 0 aromatic heterocycles. The minimum absolute atomic E-state index is 0.00764. The summed E-state index contributed by atoms with van der Waals surface area (Å²) in [6, 6.07) is -0.307. The van der Waals surface area contributed by atoms with E-state index in [-0.39, 0.29) is 23.6 Å². The topological polar surface area (TPSA) is 63.2 Å². The van der Waals surface area contributed by atoms with Gasteiger partial charge in [-0.05, 0) is 18.9 Å². The van der Waals surface area contributed by atoms with Gasteiger partial charge in [-0.3, -0.25) is 4.79 Å². The van der Waals surface area contributed by atoms with Crippen molar-refractivity contribution in [3.63, 3.8) is 0 Å². The number of nitrogens with one attached hydrogen (secondary N) is 1. The zero-order valence-electron chi connectivity index (χ0n) is 7.06. The molecular formula is C8H11NO3S. The number of hydrogen-bond donors (Lipinski definition) is 1. The third kappa shape index (κ3) is 2.09. The molecule has 1 atom stereocenters. The van der Waals surface area contributed by atoms with Crippen LogP contribution in [-0.4, -0.2) is 26.1 Å². The molecule has 1 amide bonds. The molecule has 0 radical (unpaired) electrons. The van der Waals surface area contributed by atoms with Gasteiger partial charge in [0.25, 0.3) is 0 Å². The van der Waals surface area contributed by atoms with Crippen molar-refractivity contribution in [1.82, 2.24) is 5.32 Å². The Balaban J connectivity index is 1.91. The summed E-state index contributed by atoms with van der Waals surface area (Å²) in [6.07, 6.45) is 3.42. The van der Waals surface area contributed by atoms with Gasteiger partial charge in [-0.25, -0.2) is 8.42 Å². The molecule has 2 rings (SSSR count). The number of carbonyl (C=O) groups is 1. The average Bonchev–Trinajstić information content (AvgIpc) is 2.78. The maximum Gasteiger partial charge on any atom is 0.223 e. The van der Waals surface area contributed by atoms with E-state index in [2.05, 4.69) is 5.32 Å². The molecule has 1 fully saturated rings. The van der Waals surface area contributed by atoms with Crippen LogP contribution in [0.5, 0.6) is 0 Å². The maximum atomic E-state index is 11.2. The van der Waals surface area contributed by atoms with Crippen molar-refractivity contribution in [2.45, 2.75) is 18.9 Å². The Kier molecular flexibility index (Phi) is 1.91. The van der Waals surface area contributed by atoms with Crippen LogP contribution in [0.3, 0.4) is 0 Å². The molecule has 0 spiro atoms. The summed E-state index contributed by atoms with van der Waals surface area (Å²) in [6.45, 7) is 0. The number of carbonyl (C=O) groups excluding carboxylic acids is 1. The Morgan fingerprint density at radius 2 is 2.08 bits per heavy atom. The second kappa shape index (κ2) is 2.83. The van der Waals surface area contributed by atoms with E-state index in [0.717, 1.165) is 12.8 Å². The Morgan fingerprint density at radius 1 is 1.38 bits per heavy atom. The van der Waals surface area contributed by atoms with Gasteiger partial charge in [-0.1, -0.05) is 0 Å². The molecule has 0 aromatic carbocycles. The molecule has 0 saturated heterocycles. The normalized spacial score (nSPS) is 30.3. The van der Waals surface area contributed by atoms with E-state index < -0.39 is 9.84 Å². The fourth-order valence-corrected chi connectivity index (χ4v) is 2.55. The second-order valence-electron chi connectivity index (χ2n) is 3.55. The molecule has 1 aliphatic carbocycles. The summed E-state index contributed by atoms with van der Waals surface area (Å²) in [4.78, 5) is 11.2. The Labute approximate surface area is 76.9 Å². The largest absolute Gasteiger partial charge is 0.349 e. The summed E-state index contributed by atoms with van der Waals surface area (Å²) >= 11 is 0. The van der Waals surface area contributed by atoms with Crippen molar-refractivity contribution in [2.75, 3.05) is 5.75 Å². The van der Waals surface area contributed by atoms with Gasteiger partial charge >= 0.3 is 0 Å². The van der Waals surface area contributed by atoms with Gasteiger partial charge in [0.2, 0.25) is 5.91 Å². The number of hydrogen-bond acceptors (Lipinski definition) is 3. The highest BCUT2D eigenvalue weighted by Gasteiger charge is 2.32. The van der Waals surface area contributed by atoms with Gasteiger partial charge in [0.1, 0.15) is 0 Å². The highest BCUT2D eigenvalue weighted by atomic mass is 32.2. The fraction of sp³-hybridized carbons (Fsp3) is 0.625. The highest BCUT2D eigenvalue weighted by Crippen LogP contribution is 2.29. The van der Waals surface area contributed by atoms with Crippen molar-refractivity contribution in [3.8, 4) is 0 Å². The van der Waals surface area contributed by atoms with Crippen LogP contribution in [0.25, 0.3) is 0 Å². The van der Waals surface area contributed by atoms with Gasteiger partial charge in [0.05, 0.1) is 11.8 Å². The summed E-state index contributed by atoms with van der Waals surface area (Å²) in [5.41, 5.74) is 0. The van der Waals surface area contributed by atoms with Crippen LogP contribution in [0.15, 0.2) is 11.5 Å². The van der Waals surface area contributed by atoms with Gasteiger partial charge in [0.15, 0.2) is 9.84 Å². The van der Waals surface area contributed by atoms with Crippen LogP contribution >= 0.6 is 0 Å². The molecule has 72 valence electrons. The molecule has 2 aliphatic rings. The molecule has 1 heterocycles. The van der Waals surface area contributed by atoms with Crippen LogP contribution in [0.2, 0.25) is 0 Å². The van der Waals surface area contributed by atoms with Crippen LogP contribution < -0.4 is 5.32 Å². The minimum atomic E-state index is -3.04. The molecular weight excluding hydrogens is 190 g/mol. The minimum Gasteiger partial charge on any atom is -0.349 e. The number of rotatable bonds is 2. The number of sulfone groups is 1. The number of amides is 1. The first-order chi connectivity index (χ1) is 6.07. The fourth-order valence-electron chi connectivity index (χ4n) is 1.31. The molecule has 1 N–H and O–H groups in total. The van der Waals surface area contributed by atoms with Gasteiger partial charge < -0.3 is 5.32 Å². The van der Waals surface area contributed by atoms with Crippen LogP contribution in [0.4, 0.5) is 0 Å². The van der Waals surface area contributed by atoms with Gasteiger partial charge in [-0.2, -0.15) is 0 Å². The van der Waals surface area contributed by atoms with E-state index in [1.807, 2.05) is 0 Å². The van der Waals surface area contributed by atoms with E-state index in [0.29, 0.717) is 0 Å². The third-order valence-electron chi connectivity index (χ3n) is 2.21. The van der Waals surface area contributed by atoms with E-state index in [4.69, 9.17) is 0 Å². The monoisotopic (exact) mass is 201 g/mol. The van der Waals surface area contributed by atoms with E-state index in [1.54, 1.807) is 0 Å². The van der Waals surface area contributed by atoms with E-state index in [9.17, 15) is 13.2 Å². The molecule has 1 aliphatic heterocycles. The molecule has 0 aromatic rings. The lowest BCUT2D eigenvalue weighted by Crippen LogP contribution is -2.36. The molecule has 5 heteroatoms. The molecule has 13 heavy (non-hydrogen) atoms. The summed E-state index contributed by atoms with van der Waals surface area (Å²) in [5, 5.41) is 3.86. The predicted octanol–water partition coefficient (Wildman–Crippen LogP) is -0.177. The standard InChI is InChI=1S/C8H11NO3S/c10-8(6-1-2-6)9-7-3-4-13(11,12)5-7/h3-4,6-7H,1-2,5H2,(H,9,10). The van der Waals surface area contributed by atoms with Gasteiger partial charge in [0, 0.05) is 11.3 Å². The van der Waals surface area contributed by atoms with Crippen LogP contribution in [-0.2, 0) is 14.6 Å². The zero-order valence-corrected chi connectivity index (χ0v) is 7.88. The molecule has 0 bridgehead atoms. The predicted molar refractivity (Wildman–Crippen MR) is 47.6 cm³/mol. The second-order valence-corrected chi connectivity index (χ2v) is 5.48. The first kappa shape index (κ1) is 8.74. The lowest BCUT2D eigenvalue weighted by atomic mass is 10.3. The highest BCUT2D eigenvalue weighted by molar-refractivity contribution is 7.94. The quantitative estimate of drug-likeness (QED) is 0.674. The SMILES string of the molecule is O=C(NC1C=CS(=O)(=O)C1)C1CC1. The Hall–Kier alpha value is -0.840. The van der Waals surface area contributed by atoms with Crippen molar-refractivity contribution in [1.29, 1.82) is 0 Å². The molecule has 1 saturated carbocycles. The Bertz CT molecular complexity index is 354. The summed E-state index contributed by atoms with van der Waals surface area (Å²) in [7, 11) is -3.04. The maximum absolute atomic E-state index is 11.2. The van der Waals surface area contributed by atoms with Crippen molar-refractivity contribution in [2.24, 2.45) is 5.92 Å². The van der Waals surface area contributed by atoms with Crippen molar-refractivity contribution < 1.29 is 13.2 Å². The molecule has 1 unspecified atom stereocenters.